The standard InChI is InChI=1S/C20H21N3O4/c1-4-27-19(24)18-11-13-10-14(5-7-17(13)22-18)21-20(25)23-16-8-6-15(26-3)9-12(16)2/h5-11,22H,4H2,1-3H3,(H2,21,23,25). The van der Waals surface area contributed by atoms with Crippen molar-refractivity contribution >= 4 is 34.3 Å². The quantitative estimate of drug-likeness (QED) is 0.586. The van der Waals surface area contributed by atoms with Crippen molar-refractivity contribution in [2.24, 2.45) is 0 Å². The second-order valence-corrected chi connectivity index (χ2v) is 5.97. The van der Waals surface area contributed by atoms with Gasteiger partial charge < -0.3 is 25.1 Å². The van der Waals surface area contributed by atoms with Crippen LogP contribution >= 0.6 is 0 Å². The van der Waals surface area contributed by atoms with Crippen LogP contribution in [0.3, 0.4) is 0 Å². The van der Waals surface area contributed by atoms with Gasteiger partial charge in [-0.25, -0.2) is 9.59 Å². The molecule has 0 fully saturated rings. The number of rotatable bonds is 5. The van der Waals surface area contributed by atoms with Crippen molar-refractivity contribution in [1.82, 2.24) is 4.98 Å². The molecule has 0 spiro atoms. The van der Waals surface area contributed by atoms with Crippen LogP contribution in [-0.4, -0.2) is 30.7 Å². The van der Waals surface area contributed by atoms with E-state index in [1.54, 1.807) is 50.4 Å². The number of H-pyrrole nitrogens is 1. The van der Waals surface area contributed by atoms with E-state index in [0.717, 1.165) is 22.2 Å². The number of benzene rings is 2. The number of esters is 1. The lowest BCUT2D eigenvalue weighted by Crippen LogP contribution is -2.19. The van der Waals surface area contributed by atoms with Crippen molar-refractivity contribution < 1.29 is 19.1 Å². The molecule has 0 aliphatic heterocycles. The number of aromatic nitrogens is 1. The highest BCUT2D eigenvalue weighted by Crippen LogP contribution is 2.23. The minimum absolute atomic E-state index is 0.311. The predicted octanol–water partition coefficient (Wildman–Crippen LogP) is 4.31. The number of nitrogens with one attached hydrogen (secondary N) is 3. The van der Waals surface area contributed by atoms with Crippen LogP contribution < -0.4 is 15.4 Å². The summed E-state index contributed by atoms with van der Waals surface area (Å²) in [7, 11) is 1.60. The summed E-state index contributed by atoms with van der Waals surface area (Å²) in [6.07, 6.45) is 0. The fourth-order valence-electron chi connectivity index (χ4n) is 2.72. The van der Waals surface area contributed by atoms with E-state index in [2.05, 4.69) is 15.6 Å². The number of ether oxygens (including phenoxy) is 2. The Balaban J connectivity index is 1.72. The average molecular weight is 367 g/mol. The number of fused-ring (bicyclic) bond motifs is 1. The molecule has 0 unspecified atom stereocenters. The Kier molecular flexibility index (Phi) is 5.30. The van der Waals surface area contributed by atoms with Crippen molar-refractivity contribution in [3.63, 3.8) is 0 Å². The zero-order valence-corrected chi connectivity index (χ0v) is 15.4. The topological polar surface area (TPSA) is 92.4 Å². The maximum Gasteiger partial charge on any atom is 0.354 e. The van der Waals surface area contributed by atoms with Gasteiger partial charge in [0.2, 0.25) is 0 Å². The Morgan fingerprint density at radius 3 is 2.59 bits per heavy atom. The van der Waals surface area contributed by atoms with Gasteiger partial charge in [0.25, 0.3) is 0 Å². The highest BCUT2D eigenvalue weighted by Gasteiger charge is 2.11. The van der Waals surface area contributed by atoms with Crippen molar-refractivity contribution in [1.29, 1.82) is 0 Å². The largest absolute Gasteiger partial charge is 0.497 e. The summed E-state index contributed by atoms with van der Waals surface area (Å²) in [4.78, 5) is 27.1. The van der Waals surface area contributed by atoms with E-state index in [0.29, 0.717) is 23.7 Å². The molecular weight excluding hydrogens is 346 g/mol. The summed E-state index contributed by atoms with van der Waals surface area (Å²) in [6, 6.07) is 12.1. The highest BCUT2D eigenvalue weighted by molar-refractivity contribution is 6.02. The lowest BCUT2D eigenvalue weighted by Gasteiger charge is -2.11. The van der Waals surface area contributed by atoms with Gasteiger partial charge in [-0.3, -0.25) is 0 Å². The molecule has 0 bridgehead atoms. The average Bonchev–Trinajstić information content (AvgIpc) is 3.07. The molecule has 140 valence electrons. The van der Waals surface area contributed by atoms with Crippen LogP contribution in [0.5, 0.6) is 5.75 Å². The number of hydrogen-bond acceptors (Lipinski definition) is 4. The van der Waals surface area contributed by atoms with E-state index < -0.39 is 5.97 Å². The summed E-state index contributed by atoms with van der Waals surface area (Å²) in [5, 5.41) is 6.40. The van der Waals surface area contributed by atoms with Gasteiger partial charge in [0.1, 0.15) is 11.4 Å². The van der Waals surface area contributed by atoms with Gasteiger partial charge in [-0.2, -0.15) is 0 Å². The van der Waals surface area contributed by atoms with Gasteiger partial charge in [-0.15, -0.1) is 0 Å². The Morgan fingerprint density at radius 2 is 1.89 bits per heavy atom. The third-order valence-corrected chi connectivity index (χ3v) is 4.06. The molecule has 0 saturated carbocycles. The van der Waals surface area contributed by atoms with Gasteiger partial charge in [-0.05, 0) is 61.9 Å². The molecule has 3 rings (SSSR count). The van der Waals surface area contributed by atoms with Crippen LogP contribution in [0.1, 0.15) is 23.0 Å². The molecule has 0 atom stereocenters. The number of carbonyl (C=O) groups is 2. The Bertz CT molecular complexity index is 994. The summed E-state index contributed by atoms with van der Waals surface area (Å²) in [5.41, 5.74) is 3.36. The van der Waals surface area contributed by atoms with Crippen LogP contribution in [0.25, 0.3) is 10.9 Å². The molecule has 3 N–H and O–H groups in total. The Morgan fingerprint density at radius 1 is 1.07 bits per heavy atom. The smallest absolute Gasteiger partial charge is 0.354 e. The molecule has 1 heterocycles. The number of aromatic amines is 1. The molecule has 27 heavy (non-hydrogen) atoms. The molecule has 0 saturated heterocycles. The number of urea groups is 1. The van der Waals surface area contributed by atoms with Crippen molar-refractivity contribution in [3.8, 4) is 5.75 Å². The number of amides is 2. The first kappa shape index (κ1) is 18.3. The van der Waals surface area contributed by atoms with Gasteiger partial charge in [-0.1, -0.05) is 0 Å². The number of hydrogen-bond donors (Lipinski definition) is 3. The number of anilines is 2. The first-order valence-electron chi connectivity index (χ1n) is 8.52. The van der Waals surface area contributed by atoms with Crippen LogP contribution in [0.4, 0.5) is 16.2 Å². The number of aryl methyl sites for hydroxylation is 1. The Hall–Kier alpha value is -3.48. The van der Waals surface area contributed by atoms with Gasteiger partial charge in [0.15, 0.2) is 0 Å². The first-order valence-corrected chi connectivity index (χ1v) is 8.52. The second kappa shape index (κ2) is 7.82. The van der Waals surface area contributed by atoms with E-state index in [4.69, 9.17) is 9.47 Å². The van der Waals surface area contributed by atoms with E-state index in [9.17, 15) is 9.59 Å². The van der Waals surface area contributed by atoms with Gasteiger partial charge in [0, 0.05) is 22.3 Å². The lowest BCUT2D eigenvalue weighted by molar-refractivity contribution is 0.0520. The maximum atomic E-state index is 12.3. The molecule has 0 aliphatic carbocycles. The SMILES string of the molecule is CCOC(=O)c1cc2cc(NC(=O)Nc3ccc(OC)cc3C)ccc2[nH]1. The van der Waals surface area contributed by atoms with Gasteiger partial charge in [0.05, 0.1) is 13.7 Å². The molecule has 1 aromatic heterocycles. The predicted molar refractivity (Wildman–Crippen MR) is 105 cm³/mol. The van der Waals surface area contributed by atoms with Crippen molar-refractivity contribution in [2.75, 3.05) is 24.4 Å². The van der Waals surface area contributed by atoms with Crippen LogP contribution in [-0.2, 0) is 4.74 Å². The molecule has 7 nitrogen and oxygen atoms in total. The molecular formula is C20H21N3O4. The minimum Gasteiger partial charge on any atom is -0.497 e. The van der Waals surface area contributed by atoms with E-state index in [1.807, 2.05) is 13.0 Å². The van der Waals surface area contributed by atoms with Crippen LogP contribution in [0.2, 0.25) is 0 Å². The minimum atomic E-state index is -0.407. The third kappa shape index (κ3) is 4.20. The zero-order chi connectivity index (χ0) is 19.4. The highest BCUT2D eigenvalue weighted by atomic mass is 16.5. The summed E-state index contributed by atoms with van der Waals surface area (Å²) in [6.45, 7) is 3.96. The molecule has 2 aromatic carbocycles. The van der Waals surface area contributed by atoms with E-state index >= 15 is 0 Å². The summed E-state index contributed by atoms with van der Waals surface area (Å²) >= 11 is 0. The van der Waals surface area contributed by atoms with Crippen molar-refractivity contribution in [2.45, 2.75) is 13.8 Å². The Labute approximate surface area is 156 Å². The van der Waals surface area contributed by atoms with Crippen LogP contribution in [0, 0.1) is 6.92 Å². The monoisotopic (exact) mass is 367 g/mol. The molecule has 7 heteroatoms. The summed E-state index contributed by atoms with van der Waals surface area (Å²) in [5.74, 6) is 0.324. The third-order valence-electron chi connectivity index (χ3n) is 4.06. The summed E-state index contributed by atoms with van der Waals surface area (Å²) < 4.78 is 10.1. The van der Waals surface area contributed by atoms with Gasteiger partial charge >= 0.3 is 12.0 Å². The van der Waals surface area contributed by atoms with E-state index in [-0.39, 0.29) is 6.03 Å². The van der Waals surface area contributed by atoms with Crippen molar-refractivity contribution in [3.05, 3.63) is 53.7 Å². The first-order chi connectivity index (χ1) is 13.0. The fraction of sp³-hybridized carbons (Fsp3) is 0.200. The number of methoxy groups -OCH3 is 1. The fourth-order valence-corrected chi connectivity index (χ4v) is 2.72. The van der Waals surface area contributed by atoms with Crippen LogP contribution in [0.15, 0.2) is 42.5 Å². The maximum absolute atomic E-state index is 12.3. The second-order valence-electron chi connectivity index (χ2n) is 5.97. The number of carbonyl (C=O) groups excluding carboxylic acids is 2. The zero-order valence-electron chi connectivity index (χ0n) is 15.4. The molecule has 0 radical (unpaired) electrons. The van der Waals surface area contributed by atoms with E-state index in [1.165, 1.54) is 0 Å². The molecule has 2 amide bonds. The normalized spacial score (nSPS) is 10.5. The molecule has 0 aliphatic rings. The molecule has 3 aromatic rings. The lowest BCUT2D eigenvalue weighted by atomic mass is 10.2.